The lowest BCUT2D eigenvalue weighted by atomic mass is 10.1. The number of fused-ring (bicyclic) bond motifs is 1. The Bertz CT molecular complexity index is 1380. The van der Waals surface area contributed by atoms with Crippen LogP contribution in [0.3, 0.4) is 0 Å². The van der Waals surface area contributed by atoms with E-state index in [0.29, 0.717) is 16.9 Å². The molecule has 3 N–H and O–H groups in total. The average Bonchev–Trinajstić information content (AvgIpc) is 2.77. The molecule has 2 aromatic heterocycles. The lowest BCUT2D eigenvalue weighted by molar-refractivity contribution is 0.0698. The summed E-state index contributed by atoms with van der Waals surface area (Å²) in [5, 5.41) is 33.9. The summed E-state index contributed by atoms with van der Waals surface area (Å²) in [6.07, 6.45) is 1.59. The van der Waals surface area contributed by atoms with Gasteiger partial charge in [0.25, 0.3) is 5.56 Å². The molecule has 0 saturated heterocycles. The molecular weight excluding hydrogens is 408 g/mol. The second-order valence-corrected chi connectivity index (χ2v) is 7.20. The van der Waals surface area contributed by atoms with Crippen LogP contribution in [0.4, 0.5) is 11.5 Å². The number of rotatable bonds is 7. The fourth-order valence-corrected chi connectivity index (χ4v) is 3.29. The third-order valence-corrected chi connectivity index (χ3v) is 4.82. The van der Waals surface area contributed by atoms with Gasteiger partial charge in [-0.15, -0.1) is 0 Å². The van der Waals surface area contributed by atoms with Crippen molar-refractivity contribution in [1.29, 1.82) is 10.5 Å². The fourth-order valence-electron chi connectivity index (χ4n) is 3.29. The molecule has 3 rings (SSSR count). The highest BCUT2D eigenvalue weighted by Gasteiger charge is 2.19. The van der Waals surface area contributed by atoms with Crippen LogP contribution in [-0.2, 0) is 0 Å². The first-order valence-corrected chi connectivity index (χ1v) is 9.64. The molecule has 0 amide bonds. The number of nitriles is 2. The van der Waals surface area contributed by atoms with Crippen LogP contribution in [0.25, 0.3) is 5.65 Å². The molecule has 1 atom stereocenters. The van der Waals surface area contributed by atoms with Gasteiger partial charge in [-0.25, -0.2) is 9.78 Å². The summed E-state index contributed by atoms with van der Waals surface area (Å²) in [6.45, 7) is 7.25. The average molecular weight is 428 g/mol. The van der Waals surface area contributed by atoms with Gasteiger partial charge in [0, 0.05) is 23.0 Å². The molecule has 9 nitrogen and oxygen atoms in total. The SMILES string of the molecule is C=C(C#N)CNc1nc2c([C@@H](C)Nc3ccccc3C(=O)O)cc(C)cn2c(=O)c1C#N. The topological polar surface area (TPSA) is 143 Å². The van der Waals surface area contributed by atoms with Crippen LogP contribution in [0.5, 0.6) is 0 Å². The van der Waals surface area contributed by atoms with E-state index in [1.807, 2.05) is 32.1 Å². The first-order chi connectivity index (χ1) is 15.3. The summed E-state index contributed by atoms with van der Waals surface area (Å²) in [6, 6.07) is 11.7. The van der Waals surface area contributed by atoms with Gasteiger partial charge >= 0.3 is 5.97 Å². The van der Waals surface area contributed by atoms with Gasteiger partial charge in [-0.05, 0) is 37.6 Å². The summed E-state index contributed by atoms with van der Waals surface area (Å²) in [7, 11) is 0. The molecule has 0 radical (unpaired) electrons. The Morgan fingerprint density at radius 2 is 2.06 bits per heavy atom. The zero-order valence-electron chi connectivity index (χ0n) is 17.5. The molecule has 2 heterocycles. The van der Waals surface area contributed by atoms with Crippen LogP contribution in [0, 0.1) is 29.6 Å². The molecule has 1 aromatic carbocycles. The number of carbonyl (C=O) groups is 1. The second-order valence-electron chi connectivity index (χ2n) is 7.20. The summed E-state index contributed by atoms with van der Waals surface area (Å²) in [4.78, 5) is 29.0. The van der Waals surface area contributed by atoms with Gasteiger partial charge in [-0.3, -0.25) is 9.20 Å². The van der Waals surface area contributed by atoms with Gasteiger partial charge in [-0.1, -0.05) is 18.7 Å². The highest BCUT2D eigenvalue weighted by atomic mass is 16.4. The van der Waals surface area contributed by atoms with Crippen molar-refractivity contribution >= 4 is 23.1 Å². The van der Waals surface area contributed by atoms with Gasteiger partial charge < -0.3 is 15.7 Å². The predicted octanol–water partition coefficient (Wildman–Crippen LogP) is 3.24. The van der Waals surface area contributed by atoms with E-state index in [1.165, 1.54) is 10.5 Å². The van der Waals surface area contributed by atoms with E-state index in [9.17, 15) is 20.0 Å². The van der Waals surface area contributed by atoms with Crippen molar-refractivity contribution in [3.8, 4) is 12.1 Å². The molecule has 0 fully saturated rings. The summed E-state index contributed by atoms with van der Waals surface area (Å²) >= 11 is 0. The third-order valence-electron chi connectivity index (χ3n) is 4.82. The van der Waals surface area contributed by atoms with Crippen LogP contribution < -0.4 is 16.2 Å². The van der Waals surface area contributed by atoms with Crippen molar-refractivity contribution in [3.63, 3.8) is 0 Å². The maximum Gasteiger partial charge on any atom is 0.337 e. The minimum atomic E-state index is -1.06. The highest BCUT2D eigenvalue weighted by molar-refractivity contribution is 5.94. The molecule has 0 spiro atoms. The monoisotopic (exact) mass is 428 g/mol. The van der Waals surface area contributed by atoms with Crippen LogP contribution in [0.2, 0.25) is 0 Å². The van der Waals surface area contributed by atoms with Gasteiger partial charge in [0.15, 0.2) is 11.4 Å². The van der Waals surface area contributed by atoms with E-state index in [2.05, 4.69) is 22.2 Å². The number of aryl methyl sites for hydroxylation is 1. The summed E-state index contributed by atoms with van der Waals surface area (Å²) in [5.74, 6) is -1.01. The van der Waals surface area contributed by atoms with Crippen molar-refractivity contribution in [2.45, 2.75) is 19.9 Å². The molecule has 32 heavy (non-hydrogen) atoms. The lowest BCUT2D eigenvalue weighted by Crippen LogP contribution is -2.24. The zero-order chi connectivity index (χ0) is 23.4. The molecule has 9 heteroatoms. The number of hydrogen-bond donors (Lipinski definition) is 3. The van der Waals surface area contributed by atoms with Gasteiger partial charge in [-0.2, -0.15) is 10.5 Å². The van der Waals surface area contributed by atoms with E-state index < -0.39 is 17.6 Å². The smallest absolute Gasteiger partial charge is 0.337 e. The Kier molecular flexibility index (Phi) is 6.22. The zero-order valence-corrected chi connectivity index (χ0v) is 17.5. The molecule has 0 bridgehead atoms. The van der Waals surface area contributed by atoms with Crippen molar-refractivity contribution in [1.82, 2.24) is 9.38 Å². The molecule has 0 aliphatic heterocycles. The molecule has 0 aliphatic carbocycles. The molecule has 0 saturated carbocycles. The standard InChI is InChI=1S/C23H20N6O3/c1-13-8-17(15(3)27-19-7-5-4-6-16(19)23(31)32)21-28-20(26-11-14(2)9-24)18(10-25)22(30)29(21)12-13/h4-8,12,15,26-27H,2,11H2,1,3H3,(H,31,32)/t15-/m1/s1. The molecular formula is C23H20N6O3. The van der Waals surface area contributed by atoms with E-state index in [-0.39, 0.29) is 29.1 Å². The highest BCUT2D eigenvalue weighted by Crippen LogP contribution is 2.26. The number of hydrogen-bond acceptors (Lipinski definition) is 7. The lowest BCUT2D eigenvalue weighted by Gasteiger charge is -2.20. The number of aromatic nitrogens is 2. The van der Waals surface area contributed by atoms with Crippen LogP contribution in [0.15, 0.2) is 53.5 Å². The van der Waals surface area contributed by atoms with Crippen LogP contribution in [0.1, 0.15) is 40.0 Å². The van der Waals surface area contributed by atoms with E-state index in [0.717, 1.165) is 5.56 Å². The minimum Gasteiger partial charge on any atom is -0.478 e. The number of para-hydroxylation sites is 1. The third kappa shape index (κ3) is 4.27. The first-order valence-electron chi connectivity index (χ1n) is 9.64. The normalized spacial score (nSPS) is 11.2. The maximum absolute atomic E-state index is 13.0. The van der Waals surface area contributed by atoms with Crippen molar-refractivity contribution in [2.75, 3.05) is 17.2 Å². The van der Waals surface area contributed by atoms with Crippen LogP contribution >= 0.6 is 0 Å². The number of benzene rings is 1. The number of anilines is 2. The summed E-state index contributed by atoms with van der Waals surface area (Å²) < 4.78 is 1.30. The van der Waals surface area contributed by atoms with Crippen molar-refractivity contribution in [3.05, 3.63) is 81.3 Å². The molecule has 0 aliphatic rings. The largest absolute Gasteiger partial charge is 0.478 e. The van der Waals surface area contributed by atoms with E-state index >= 15 is 0 Å². The second kappa shape index (κ2) is 9.02. The number of carboxylic acids is 1. The van der Waals surface area contributed by atoms with Crippen LogP contribution in [-0.4, -0.2) is 27.0 Å². The number of carboxylic acid groups (broad SMARTS) is 1. The van der Waals surface area contributed by atoms with Crippen molar-refractivity contribution in [2.24, 2.45) is 0 Å². The Balaban J connectivity index is 2.15. The molecule has 160 valence electrons. The molecule has 3 aromatic rings. The Hall–Kier alpha value is -4.63. The Morgan fingerprint density at radius 1 is 1.34 bits per heavy atom. The quantitative estimate of drug-likeness (QED) is 0.487. The van der Waals surface area contributed by atoms with Gasteiger partial charge in [0.1, 0.15) is 11.7 Å². The fraction of sp³-hybridized carbons (Fsp3) is 0.174. The van der Waals surface area contributed by atoms with Crippen molar-refractivity contribution < 1.29 is 9.90 Å². The first kappa shape index (κ1) is 22.1. The van der Waals surface area contributed by atoms with Gasteiger partial charge in [0.2, 0.25) is 0 Å². The molecule has 0 unspecified atom stereocenters. The van der Waals surface area contributed by atoms with E-state index in [1.54, 1.807) is 24.4 Å². The summed E-state index contributed by atoms with van der Waals surface area (Å²) in [5.41, 5.74) is 1.73. The number of nitrogens with one attached hydrogen (secondary N) is 2. The minimum absolute atomic E-state index is 0.0365. The number of pyridine rings is 1. The Morgan fingerprint density at radius 3 is 2.72 bits per heavy atom. The number of nitrogens with zero attached hydrogens (tertiary/aromatic N) is 4. The number of aromatic carboxylic acids is 1. The predicted molar refractivity (Wildman–Crippen MR) is 120 cm³/mol. The van der Waals surface area contributed by atoms with E-state index in [4.69, 9.17) is 5.26 Å². The Labute approximate surface area is 183 Å². The van der Waals surface area contributed by atoms with Gasteiger partial charge in [0.05, 0.1) is 24.2 Å². The maximum atomic E-state index is 13.0.